The Morgan fingerprint density at radius 3 is 2.85 bits per heavy atom. The number of ether oxygens (including phenoxy) is 2. The van der Waals surface area contributed by atoms with Gasteiger partial charge < -0.3 is 14.6 Å². The first-order chi connectivity index (χ1) is 13.0. The molecule has 1 amide bonds. The normalized spacial score (nSPS) is 15.5. The van der Waals surface area contributed by atoms with Gasteiger partial charge in [-0.15, -0.1) is 0 Å². The number of phenols is 1. The molecular formula is C19H23NO5S2. The summed E-state index contributed by atoms with van der Waals surface area (Å²) in [5, 5.41) is 9.77. The van der Waals surface area contributed by atoms with Crippen LogP contribution in [0.25, 0.3) is 6.08 Å². The Kier molecular flexibility index (Phi) is 8.12. The van der Waals surface area contributed by atoms with Crippen LogP contribution in [0.2, 0.25) is 0 Å². The molecule has 0 bridgehead atoms. The predicted molar refractivity (Wildman–Crippen MR) is 110 cm³/mol. The summed E-state index contributed by atoms with van der Waals surface area (Å²) in [5.74, 6) is -0.0211. The number of nitrogens with zero attached hydrogens (tertiary/aromatic N) is 1. The van der Waals surface area contributed by atoms with Crippen LogP contribution in [0.15, 0.2) is 23.1 Å². The third-order valence-electron chi connectivity index (χ3n) is 3.68. The van der Waals surface area contributed by atoms with Crippen LogP contribution in [-0.4, -0.2) is 46.0 Å². The Morgan fingerprint density at radius 2 is 2.15 bits per heavy atom. The van der Waals surface area contributed by atoms with E-state index in [1.54, 1.807) is 18.2 Å². The van der Waals surface area contributed by atoms with Crippen LogP contribution in [0, 0.1) is 0 Å². The van der Waals surface area contributed by atoms with Gasteiger partial charge >= 0.3 is 5.97 Å². The van der Waals surface area contributed by atoms with Gasteiger partial charge in [0.05, 0.1) is 18.1 Å². The van der Waals surface area contributed by atoms with Crippen molar-refractivity contribution in [3.8, 4) is 11.5 Å². The Balaban J connectivity index is 1.99. The molecule has 1 heterocycles. The van der Waals surface area contributed by atoms with Gasteiger partial charge in [-0.3, -0.25) is 14.5 Å². The molecule has 1 saturated heterocycles. The van der Waals surface area contributed by atoms with Gasteiger partial charge in [-0.05, 0) is 43.5 Å². The fourth-order valence-corrected chi connectivity index (χ4v) is 3.71. The summed E-state index contributed by atoms with van der Waals surface area (Å²) in [6.07, 6.45) is 3.26. The molecule has 1 N–H and O–H groups in total. The molecule has 0 spiro atoms. The van der Waals surface area contributed by atoms with Crippen molar-refractivity contribution in [2.45, 2.75) is 33.1 Å². The first-order valence-electron chi connectivity index (χ1n) is 8.83. The maximum absolute atomic E-state index is 12.6. The van der Waals surface area contributed by atoms with E-state index >= 15 is 0 Å². The van der Waals surface area contributed by atoms with Crippen LogP contribution >= 0.6 is 24.0 Å². The maximum atomic E-state index is 12.6. The van der Waals surface area contributed by atoms with Gasteiger partial charge in [-0.25, -0.2) is 0 Å². The number of rotatable bonds is 9. The maximum Gasteiger partial charge on any atom is 0.305 e. The van der Waals surface area contributed by atoms with Crippen molar-refractivity contribution in [2.24, 2.45) is 0 Å². The molecule has 1 aliphatic rings. The molecule has 1 aliphatic heterocycles. The van der Waals surface area contributed by atoms with Gasteiger partial charge in [0.15, 0.2) is 11.5 Å². The van der Waals surface area contributed by atoms with Crippen molar-refractivity contribution in [3.63, 3.8) is 0 Å². The second-order valence-corrected chi connectivity index (χ2v) is 7.49. The molecule has 27 heavy (non-hydrogen) atoms. The standard InChI is InChI=1S/C19H23NO5S2/c1-3-10-25-17(22)6-5-9-20-18(23)16(27-19(20)26)12-13-7-8-14(21)15(11-13)24-4-2/h7-8,11-12,21H,3-6,9-10H2,1-2H3/b16-12-. The van der Waals surface area contributed by atoms with Crippen molar-refractivity contribution in [1.29, 1.82) is 0 Å². The molecule has 1 aromatic carbocycles. The number of aromatic hydroxyl groups is 1. The highest BCUT2D eigenvalue weighted by molar-refractivity contribution is 8.26. The topological polar surface area (TPSA) is 76.1 Å². The van der Waals surface area contributed by atoms with Gasteiger partial charge in [-0.2, -0.15) is 0 Å². The molecule has 1 aromatic rings. The number of benzene rings is 1. The van der Waals surface area contributed by atoms with Crippen LogP contribution < -0.4 is 4.74 Å². The van der Waals surface area contributed by atoms with E-state index < -0.39 is 0 Å². The Hall–Kier alpha value is -2.06. The summed E-state index contributed by atoms with van der Waals surface area (Å²) in [5.41, 5.74) is 0.736. The Morgan fingerprint density at radius 1 is 1.37 bits per heavy atom. The molecule has 0 aliphatic carbocycles. The third kappa shape index (κ3) is 5.97. The Bertz CT molecular complexity index is 748. The minimum atomic E-state index is -0.259. The zero-order valence-corrected chi connectivity index (χ0v) is 17.0. The second-order valence-electron chi connectivity index (χ2n) is 5.82. The minimum absolute atomic E-state index is 0.0523. The van der Waals surface area contributed by atoms with E-state index in [1.165, 1.54) is 22.7 Å². The van der Waals surface area contributed by atoms with Gasteiger partial charge in [0.1, 0.15) is 4.32 Å². The van der Waals surface area contributed by atoms with Crippen LogP contribution in [0.5, 0.6) is 11.5 Å². The van der Waals surface area contributed by atoms with Gasteiger partial charge in [0, 0.05) is 13.0 Å². The molecule has 146 valence electrons. The van der Waals surface area contributed by atoms with E-state index in [-0.39, 0.29) is 24.0 Å². The van der Waals surface area contributed by atoms with Crippen LogP contribution in [-0.2, 0) is 14.3 Å². The summed E-state index contributed by atoms with van der Waals surface area (Å²) in [6, 6.07) is 4.91. The van der Waals surface area contributed by atoms with Crippen LogP contribution in [0.1, 0.15) is 38.7 Å². The number of esters is 1. The number of carbonyl (C=O) groups is 2. The summed E-state index contributed by atoms with van der Waals surface area (Å²) in [4.78, 5) is 26.2. The lowest BCUT2D eigenvalue weighted by atomic mass is 10.2. The summed E-state index contributed by atoms with van der Waals surface area (Å²) in [6.45, 7) is 4.99. The molecule has 0 unspecified atom stereocenters. The van der Waals surface area contributed by atoms with Crippen molar-refractivity contribution >= 4 is 46.3 Å². The molecule has 2 rings (SSSR count). The smallest absolute Gasteiger partial charge is 0.305 e. The fraction of sp³-hybridized carbons (Fsp3) is 0.421. The summed E-state index contributed by atoms with van der Waals surface area (Å²) in [7, 11) is 0. The van der Waals surface area contributed by atoms with Crippen molar-refractivity contribution < 1.29 is 24.2 Å². The van der Waals surface area contributed by atoms with Crippen molar-refractivity contribution in [2.75, 3.05) is 19.8 Å². The number of amides is 1. The quantitative estimate of drug-likeness (QED) is 0.378. The lowest BCUT2D eigenvalue weighted by Gasteiger charge is -2.13. The average Bonchev–Trinajstić information content (AvgIpc) is 2.90. The van der Waals surface area contributed by atoms with E-state index in [0.29, 0.717) is 41.2 Å². The largest absolute Gasteiger partial charge is 0.504 e. The first kappa shape index (κ1) is 21.2. The third-order valence-corrected chi connectivity index (χ3v) is 5.06. The molecular weight excluding hydrogens is 386 g/mol. The highest BCUT2D eigenvalue weighted by Crippen LogP contribution is 2.34. The zero-order chi connectivity index (χ0) is 19.8. The lowest BCUT2D eigenvalue weighted by molar-refractivity contribution is -0.144. The van der Waals surface area contributed by atoms with E-state index in [2.05, 4.69) is 0 Å². The zero-order valence-electron chi connectivity index (χ0n) is 15.4. The van der Waals surface area contributed by atoms with Gasteiger partial charge in [-0.1, -0.05) is 37.0 Å². The molecule has 0 radical (unpaired) electrons. The fourth-order valence-electron chi connectivity index (χ4n) is 2.41. The monoisotopic (exact) mass is 409 g/mol. The molecule has 8 heteroatoms. The van der Waals surface area contributed by atoms with Gasteiger partial charge in [0.2, 0.25) is 0 Å². The van der Waals surface area contributed by atoms with Crippen LogP contribution in [0.4, 0.5) is 0 Å². The average molecular weight is 410 g/mol. The number of phenolic OH excluding ortho intramolecular Hbond substituents is 1. The lowest BCUT2D eigenvalue weighted by Crippen LogP contribution is -2.29. The Labute approximate surface area is 168 Å². The minimum Gasteiger partial charge on any atom is -0.504 e. The van der Waals surface area contributed by atoms with E-state index in [1.807, 2.05) is 13.8 Å². The molecule has 0 saturated carbocycles. The van der Waals surface area contributed by atoms with Gasteiger partial charge in [0.25, 0.3) is 5.91 Å². The van der Waals surface area contributed by atoms with E-state index in [0.717, 1.165) is 12.0 Å². The summed E-state index contributed by atoms with van der Waals surface area (Å²) < 4.78 is 10.9. The number of thiocarbonyl (C=S) groups is 1. The number of carbonyl (C=O) groups excluding carboxylic acids is 2. The van der Waals surface area contributed by atoms with Crippen molar-refractivity contribution in [1.82, 2.24) is 4.90 Å². The number of hydrogen-bond acceptors (Lipinski definition) is 7. The highest BCUT2D eigenvalue weighted by atomic mass is 32.2. The van der Waals surface area contributed by atoms with E-state index in [4.69, 9.17) is 21.7 Å². The van der Waals surface area contributed by atoms with Crippen molar-refractivity contribution in [3.05, 3.63) is 28.7 Å². The SMILES string of the molecule is CCCOC(=O)CCCN1C(=O)/C(=C/c2ccc(O)c(OCC)c2)SC1=S. The van der Waals surface area contributed by atoms with Crippen LogP contribution in [0.3, 0.4) is 0 Å². The number of thioether (sulfide) groups is 1. The highest BCUT2D eigenvalue weighted by Gasteiger charge is 2.31. The predicted octanol–water partition coefficient (Wildman–Crippen LogP) is 3.73. The summed E-state index contributed by atoms with van der Waals surface area (Å²) >= 11 is 6.52. The molecule has 0 atom stereocenters. The molecule has 0 aromatic heterocycles. The second kappa shape index (κ2) is 10.3. The first-order valence-corrected chi connectivity index (χ1v) is 10.1. The molecule has 6 nitrogen and oxygen atoms in total. The number of hydrogen-bond donors (Lipinski definition) is 1. The molecule has 1 fully saturated rings. The van der Waals surface area contributed by atoms with E-state index in [9.17, 15) is 14.7 Å².